The molecule has 0 atom stereocenters. The maximum atomic E-state index is 5.57. The van der Waals surface area contributed by atoms with Gasteiger partial charge in [0.1, 0.15) is 5.76 Å². The summed E-state index contributed by atoms with van der Waals surface area (Å²) in [6, 6.07) is 9.99. The summed E-state index contributed by atoms with van der Waals surface area (Å²) >= 11 is 0. The first kappa shape index (κ1) is 17.5. The lowest BCUT2D eigenvalue weighted by molar-refractivity contribution is 0.291. The number of rotatable bonds is 4. The number of ether oxygens (including phenoxy) is 1. The van der Waals surface area contributed by atoms with Gasteiger partial charge < -0.3 is 16.2 Å². The second kappa shape index (κ2) is 8.65. The Bertz CT molecular complexity index is 475. The lowest BCUT2D eigenvalue weighted by atomic mass is 9.76. The van der Waals surface area contributed by atoms with Crippen LogP contribution in [0.25, 0.3) is 0 Å². The summed E-state index contributed by atoms with van der Waals surface area (Å²) in [5.74, 6) is 0.975. The molecule has 0 aromatic heterocycles. The highest BCUT2D eigenvalue weighted by molar-refractivity contribution is 5.29. The van der Waals surface area contributed by atoms with Gasteiger partial charge in [-0.25, -0.2) is 0 Å². The zero-order valence-corrected chi connectivity index (χ0v) is 13.4. The Morgan fingerprint density at radius 2 is 1.81 bits per heavy atom. The molecule has 1 aliphatic carbocycles. The number of hydrogen-bond acceptors (Lipinski definition) is 3. The summed E-state index contributed by atoms with van der Waals surface area (Å²) in [6.07, 6.45) is 6.27. The molecule has 0 spiro atoms. The third-order valence-electron chi connectivity index (χ3n) is 3.73. The molecule has 1 aromatic rings. The average Bonchev–Trinajstić information content (AvgIpc) is 2.51. The molecule has 0 bridgehead atoms. The fourth-order valence-corrected chi connectivity index (χ4v) is 2.24. The molecule has 0 aliphatic heterocycles. The van der Waals surface area contributed by atoms with Crippen LogP contribution >= 0.6 is 0 Å². The van der Waals surface area contributed by atoms with Crippen LogP contribution in [0.3, 0.4) is 0 Å². The Morgan fingerprint density at radius 1 is 1.14 bits per heavy atom. The van der Waals surface area contributed by atoms with Crippen LogP contribution in [0.4, 0.5) is 0 Å². The molecule has 3 heteroatoms. The highest BCUT2D eigenvalue weighted by Crippen LogP contribution is 2.37. The number of benzene rings is 1. The van der Waals surface area contributed by atoms with E-state index in [0.717, 1.165) is 18.6 Å². The van der Waals surface area contributed by atoms with Crippen LogP contribution in [0.1, 0.15) is 32.3 Å². The second-order valence-electron chi connectivity index (χ2n) is 5.80. The van der Waals surface area contributed by atoms with Gasteiger partial charge >= 0.3 is 0 Å². The Balaban J connectivity index is 0.000000235. The number of nitrogens with two attached hydrogens (primary N) is 2. The standard InChI is InChI=1S/C11H19NO.C7H9N/c1-11(2)6-4-10(13-3)8-9(11)5-7-12;8-6-7-4-2-1-3-5-7/h4,8H,5-7,12H2,1-3H3;1-5H,6,8H2. The Kier molecular flexibility index (Phi) is 7.20. The van der Waals surface area contributed by atoms with Gasteiger partial charge in [0.15, 0.2) is 0 Å². The third-order valence-corrected chi connectivity index (χ3v) is 3.73. The Morgan fingerprint density at radius 3 is 2.29 bits per heavy atom. The molecule has 0 saturated heterocycles. The zero-order valence-electron chi connectivity index (χ0n) is 13.4. The van der Waals surface area contributed by atoms with E-state index in [0.29, 0.717) is 13.1 Å². The predicted octanol–water partition coefficient (Wildman–Crippen LogP) is 3.37. The molecule has 0 amide bonds. The van der Waals surface area contributed by atoms with Crippen molar-refractivity contribution in [2.75, 3.05) is 13.7 Å². The molecule has 0 radical (unpaired) electrons. The number of methoxy groups -OCH3 is 1. The topological polar surface area (TPSA) is 61.3 Å². The van der Waals surface area contributed by atoms with Crippen LogP contribution in [0, 0.1) is 5.41 Å². The lowest BCUT2D eigenvalue weighted by Gasteiger charge is -2.30. The van der Waals surface area contributed by atoms with Crippen molar-refractivity contribution >= 4 is 0 Å². The normalized spacial score (nSPS) is 16.2. The molecule has 0 heterocycles. The van der Waals surface area contributed by atoms with Crippen LogP contribution in [-0.4, -0.2) is 13.7 Å². The molecule has 3 nitrogen and oxygen atoms in total. The van der Waals surface area contributed by atoms with Gasteiger partial charge in [0, 0.05) is 6.54 Å². The van der Waals surface area contributed by atoms with Crippen LogP contribution in [0.15, 0.2) is 53.8 Å². The first-order valence-electron chi connectivity index (χ1n) is 7.42. The van der Waals surface area contributed by atoms with Gasteiger partial charge in [-0.1, -0.05) is 49.8 Å². The molecule has 0 saturated carbocycles. The van der Waals surface area contributed by atoms with E-state index in [9.17, 15) is 0 Å². The van der Waals surface area contributed by atoms with Gasteiger partial charge in [0.25, 0.3) is 0 Å². The summed E-state index contributed by atoms with van der Waals surface area (Å²) in [4.78, 5) is 0. The quantitative estimate of drug-likeness (QED) is 0.893. The summed E-state index contributed by atoms with van der Waals surface area (Å²) in [7, 11) is 1.71. The van der Waals surface area contributed by atoms with Crippen molar-refractivity contribution in [2.45, 2.75) is 33.2 Å². The van der Waals surface area contributed by atoms with Gasteiger partial charge in [0.05, 0.1) is 7.11 Å². The van der Waals surface area contributed by atoms with E-state index < -0.39 is 0 Å². The van der Waals surface area contributed by atoms with E-state index >= 15 is 0 Å². The fourth-order valence-electron chi connectivity index (χ4n) is 2.24. The van der Waals surface area contributed by atoms with E-state index in [1.54, 1.807) is 7.11 Å². The maximum absolute atomic E-state index is 5.57. The summed E-state index contributed by atoms with van der Waals surface area (Å²) < 4.78 is 5.20. The fraction of sp³-hybridized carbons (Fsp3) is 0.444. The SMILES string of the molecule is COC1=CCC(C)(C)C(CCN)=C1.NCc1ccccc1. The van der Waals surface area contributed by atoms with Crippen molar-refractivity contribution in [3.8, 4) is 0 Å². The molecule has 1 aromatic carbocycles. The summed E-state index contributed by atoms with van der Waals surface area (Å²) in [5.41, 5.74) is 13.8. The molecule has 0 fully saturated rings. The number of allylic oxidation sites excluding steroid dienone is 2. The van der Waals surface area contributed by atoms with Crippen LogP contribution < -0.4 is 11.5 Å². The zero-order chi connectivity index (χ0) is 15.7. The molecular weight excluding hydrogens is 260 g/mol. The molecular formula is C18H28N2O. The third kappa shape index (κ3) is 5.74. The van der Waals surface area contributed by atoms with E-state index in [1.165, 1.54) is 11.1 Å². The van der Waals surface area contributed by atoms with Gasteiger partial charge in [-0.2, -0.15) is 0 Å². The Labute approximate surface area is 128 Å². The van der Waals surface area contributed by atoms with Crippen molar-refractivity contribution in [1.29, 1.82) is 0 Å². The largest absolute Gasteiger partial charge is 0.497 e. The van der Waals surface area contributed by atoms with Gasteiger partial charge in [-0.3, -0.25) is 0 Å². The van der Waals surface area contributed by atoms with E-state index in [4.69, 9.17) is 16.2 Å². The van der Waals surface area contributed by atoms with Crippen molar-refractivity contribution in [1.82, 2.24) is 0 Å². The summed E-state index contributed by atoms with van der Waals surface area (Å²) in [5, 5.41) is 0. The van der Waals surface area contributed by atoms with Crippen molar-refractivity contribution in [2.24, 2.45) is 16.9 Å². The molecule has 0 unspecified atom stereocenters. The molecule has 116 valence electrons. The van der Waals surface area contributed by atoms with Crippen LogP contribution in [0.5, 0.6) is 0 Å². The van der Waals surface area contributed by atoms with Crippen LogP contribution in [0.2, 0.25) is 0 Å². The molecule has 1 aliphatic rings. The minimum absolute atomic E-state index is 0.251. The van der Waals surface area contributed by atoms with E-state index in [-0.39, 0.29) is 5.41 Å². The monoisotopic (exact) mass is 288 g/mol. The van der Waals surface area contributed by atoms with E-state index in [1.807, 2.05) is 30.3 Å². The minimum Gasteiger partial charge on any atom is -0.497 e. The minimum atomic E-state index is 0.251. The lowest BCUT2D eigenvalue weighted by Crippen LogP contribution is -2.20. The van der Waals surface area contributed by atoms with Crippen molar-refractivity contribution in [3.05, 3.63) is 59.4 Å². The first-order chi connectivity index (χ1) is 10.0. The summed E-state index contributed by atoms with van der Waals surface area (Å²) in [6.45, 7) is 5.85. The second-order valence-corrected chi connectivity index (χ2v) is 5.80. The highest BCUT2D eigenvalue weighted by atomic mass is 16.5. The predicted molar refractivity (Wildman–Crippen MR) is 89.6 cm³/mol. The average molecular weight is 288 g/mol. The highest BCUT2D eigenvalue weighted by Gasteiger charge is 2.25. The van der Waals surface area contributed by atoms with Gasteiger partial charge in [-0.05, 0) is 42.5 Å². The van der Waals surface area contributed by atoms with Crippen molar-refractivity contribution < 1.29 is 4.74 Å². The van der Waals surface area contributed by atoms with Gasteiger partial charge in [-0.15, -0.1) is 0 Å². The van der Waals surface area contributed by atoms with E-state index in [2.05, 4.69) is 26.0 Å². The number of hydrogen-bond donors (Lipinski definition) is 2. The molecule has 21 heavy (non-hydrogen) atoms. The molecule has 2 rings (SSSR count). The van der Waals surface area contributed by atoms with Crippen LogP contribution in [-0.2, 0) is 11.3 Å². The maximum Gasteiger partial charge on any atom is 0.114 e. The molecule has 4 N–H and O–H groups in total. The Hall–Kier alpha value is -1.58. The van der Waals surface area contributed by atoms with Crippen molar-refractivity contribution in [3.63, 3.8) is 0 Å². The van der Waals surface area contributed by atoms with Gasteiger partial charge in [0.2, 0.25) is 0 Å². The first-order valence-corrected chi connectivity index (χ1v) is 7.42. The smallest absolute Gasteiger partial charge is 0.114 e.